The molecule has 0 unspecified atom stereocenters. The number of carbonyl (C=O) groups excluding carboxylic acids is 1. The van der Waals surface area contributed by atoms with E-state index >= 15 is 0 Å². The maximum Gasteiger partial charge on any atom is 0.289 e. The van der Waals surface area contributed by atoms with Crippen LogP contribution in [-0.2, 0) is 0 Å². The number of hydrogen-bond donors (Lipinski definition) is 2. The van der Waals surface area contributed by atoms with E-state index in [1.807, 2.05) is 0 Å². The number of para-hydroxylation sites is 1. The lowest BCUT2D eigenvalue weighted by Gasteiger charge is -2.37. The molecule has 23 heavy (non-hydrogen) atoms. The molecule has 0 saturated heterocycles. The molecule has 1 fully saturated rings. The van der Waals surface area contributed by atoms with Crippen LogP contribution in [0.4, 0.5) is 4.39 Å². The van der Waals surface area contributed by atoms with E-state index < -0.39 is 30.0 Å². The van der Waals surface area contributed by atoms with Crippen LogP contribution in [0, 0.1) is 12.7 Å². The molecule has 0 bridgehead atoms. The molecule has 1 aliphatic carbocycles. The van der Waals surface area contributed by atoms with Crippen LogP contribution in [0.1, 0.15) is 35.4 Å². The minimum atomic E-state index is -0.987. The Morgan fingerprint density at radius 3 is 2.78 bits per heavy atom. The molecule has 2 N–H and O–H groups in total. The molecule has 3 atom stereocenters. The first-order valence-corrected chi connectivity index (χ1v) is 7.72. The van der Waals surface area contributed by atoms with E-state index in [1.165, 1.54) is 11.0 Å². The van der Waals surface area contributed by atoms with E-state index in [4.69, 9.17) is 4.42 Å². The Bertz CT molecular complexity index is 742. The van der Waals surface area contributed by atoms with Crippen LogP contribution < -0.4 is 0 Å². The van der Waals surface area contributed by atoms with Gasteiger partial charge in [0.2, 0.25) is 0 Å². The molecule has 1 aromatic heterocycles. The van der Waals surface area contributed by atoms with E-state index in [0.29, 0.717) is 23.8 Å². The van der Waals surface area contributed by atoms with Crippen molar-refractivity contribution in [3.8, 4) is 0 Å². The van der Waals surface area contributed by atoms with Crippen molar-refractivity contribution >= 4 is 16.9 Å². The van der Waals surface area contributed by atoms with Gasteiger partial charge in [0.15, 0.2) is 17.2 Å². The lowest BCUT2D eigenvalue weighted by Crippen LogP contribution is -2.51. The molecule has 5 nitrogen and oxygen atoms in total. The van der Waals surface area contributed by atoms with Crippen molar-refractivity contribution < 1.29 is 23.8 Å². The number of aliphatic hydroxyl groups excluding tert-OH is 2. The SMILES string of the molecule is Cc1c(C(=O)N(C)[C@@H]2CCC[C@@H](O)[C@@H]2O)oc2c(F)cccc12. The van der Waals surface area contributed by atoms with Crippen molar-refractivity contribution in [3.05, 3.63) is 35.3 Å². The Balaban J connectivity index is 1.94. The number of rotatable bonds is 2. The Hall–Kier alpha value is -1.92. The molecule has 0 aliphatic heterocycles. The molecule has 1 aliphatic rings. The lowest BCUT2D eigenvalue weighted by atomic mass is 9.89. The van der Waals surface area contributed by atoms with Gasteiger partial charge in [0.05, 0.1) is 12.1 Å². The summed E-state index contributed by atoms with van der Waals surface area (Å²) in [6.07, 6.45) is 0.0362. The summed E-state index contributed by atoms with van der Waals surface area (Å²) < 4.78 is 19.3. The number of aliphatic hydroxyl groups is 2. The quantitative estimate of drug-likeness (QED) is 0.889. The lowest BCUT2D eigenvalue weighted by molar-refractivity contribution is -0.0530. The van der Waals surface area contributed by atoms with Crippen molar-refractivity contribution in [2.75, 3.05) is 7.05 Å². The van der Waals surface area contributed by atoms with Crippen LogP contribution in [0.15, 0.2) is 22.6 Å². The molecule has 1 saturated carbocycles. The number of likely N-dealkylation sites (N-methyl/N-ethyl adjacent to an activating group) is 1. The van der Waals surface area contributed by atoms with Gasteiger partial charge < -0.3 is 19.5 Å². The summed E-state index contributed by atoms with van der Waals surface area (Å²) in [5.74, 6) is -0.864. The Kier molecular flexibility index (Phi) is 4.12. The number of amides is 1. The molecule has 3 rings (SSSR count). The van der Waals surface area contributed by atoms with Crippen molar-refractivity contribution in [2.24, 2.45) is 0 Å². The third kappa shape index (κ3) is 2.62. The second-order valence-electron chi connectivity index (χ2n) is 6.14. The third-order valence-electron chi connectivity index (χ3n) is 4.72. The fourth-order valence-electron chi connectivity index (χ4n) is 3.28. The smallest absolute Gasteiger partial charge is 0.289 e. The van der Waals surface area contributed by atoms with E-state index in [1.54, 1.807) is 26.1 Å². The highest BCUT2D eigenvalue weighted by Crippen LogP contribution is 2.30. The number of furan rings is 1. The zero-order valence-electron chi connectivity index (χ0n) is 13.1. The summed E-state index contributed by atoms with van der Waals surface area (Å²) in [5, 5.41) is 20.5. The van der Waals surface area contributed by atoms with Gasteiger partial charge >= 0.3 is 0 Å². The van der Waals surface area contributed by atoms with Crippen molar-refractivity contribution in [1.29, 1.82) is 0 Å². The standard InChI is InChI=1S/C17H20FNO4/c1-9-10-5-3-6-11(18)16(10)23-15(9)17(22)19(2)12-7-4-8-13(20)14(12)21/h3,5-6,12-14,20-21H,4,7-8H2,1-2H3/t12-,13-,14-/m1/s1. The molecule has 6 heteroatoms. The van der Waals surface area contributed by atoms with Gasteiger partial charge in [0.1, 0.15) is 6.10 Å². The monoisotopic (exact) mass is 321 g/mol. The number of aryl methyl sites for hydroxylation is 1. The summed E-state index contributed by atoms with van der Waals surface area (Å²) in [7, 11) is 1.57. The first-order chi connectivity index (χ1) is 10.9. The van der Waals surface area contributed by atoms with Crippen LogP contribution in [0.3, 0.4) is 0 Å². The van der Waals surface area contributed by atoms with Crippen LogP contribution >= 0.6 is 0 Å². The number of hydrogen-bond acceptors (Lipinski definition) is 4. The van der Waals surface area contributed by atoms with E-state index in [9.17, 15) is 19.4 Å². The van der Waals surface area contributed by atoms with Crippen LogP contribution in [0.5, 0.6) is 0 Å². The second-order valence-corrected chi connectivity index (χ2v) is 6.14. The van der Waals surface area contributed by atoms with Gasteiger partial charge in [-0.25, -0.2) is 4.39 Å². The third-order valence-corrected chi connectivity index (χ3v) is 4.72. The molecule has 1 amide bonds. The highest BCUT2D eigenvalue weighted by molar-refractivity contribution is 5.99. The van der Waals surface area contributed by atoms with Crippen molar-refractivity contribution in [2.45, 2.75) is 44.4 Å². The van der Waals surface area contributed by atoms with Crippen molar-refractivity contribution in [3.63, 3.8) is 0 Å². The molecule has 0 radical (unpaired) electrons. The fraction of sp³-hybridized carbons (Fsp3) is 0.471. The molecule has 0 spiro atoms. The number of benzene rings is 1. The molecule has 1 heterocycles. The largest absolute Gasteiger partial charge is 0.448 e. The van der Waals surface area contributed by atoms with Gasteiger partial charge in [-0.3, -0.25) is 4.79 Å². The number of nitrogens with zero attached hydrogens (tertiary/aromatic N) is 1. The molecular weight excluding hydrogens is 301 g/mol. The van der Waals surface area contributed by atoms with Gasteiger partial charge in [-0.2, -0.15) is 0 Å². The molecule has 124 valence electrons. The molecular formula is C17H20FNO4. The topological polar surface area (TPSA) is 73.9 Å². The Morgan fingerprint density at radius 2 is 2.09 bits per heavy atom. The van der Waals surface area contributed by atoms with Gasteiger partial charge in [-0.1, -0.05) is 12.1 Å². The number of halogens is 1. The summed E-state index contributed by atoms with van der Waals surface area (Å²) in [5.41, 5.74) is 0.633. The average Bonchev–Trinajstić information content (AvgIpc) is 2.87. The summed E-state index contributed by atoms with van der Waals surface area (Å²) in [6.45, 7) is 1.71. The normalized spacial score (nSPS) is 24.8. The second kappa shape index (κ2) is 5.94. The van der Waals surface area contributed by atoms with Gasteiger partial charge in [0, 0.05) is 18.0 Å². The van der Waals surface area contributed by atoms with Crippen molar-refractivity contribution in [1.82, 2.24) is 4.90 Å². The van der Waals surface area contributed by atoms with E-state index in [2.05, 4.69) is 0 Å². The minimum Gasteiger partial charge on any atom is -0.448 e. The summed E-state index contributed by atoms with van der Waals surface area (Å²) >= 11 is 0. The zero-order valence-corrected chi connectivity index (χ0v) is 13.1. The minimum absolute atomic E-state index is 0.0611. The van der Waals surface area contributed by atoms with Gasteiger partial charge in [-0.15, -0.1) is 0 Å². The predicted molar refractivity (Wildman–Crippen MR) is 82.7 cm³/mol. The van der Waals surface area contributed by atoms with Crippen LogP contribution in [0.25, 0.3) is 11.0 Å². The first kappa shape index (κ1) is 16.0. The summed E-state index contributed by atoms with van der Waals surface area (Å²) in [6, 6.07) is 4.07. The number of carbonyl (C=O) groups is 1. The fourth-order valence-corrected chi connectivity index (χ4v) is 3.28. The Morgan fingerprint density at radius 1 is 1.35 bits per heavy atom. The molecule has 2 aromatic rings. The summed E-state index contributed by atoms with van der Waals surface area (Å²) in [4.78, 5) is 14.1. The van der Waals surface area contributed by atoms with Crippen LogP contribution in [-0.4, -0.2) is 46.3 Å². The first-order valence-electron chi connectivity index (χ1n) is 7.72. The zero-order chi connectivity index (χ0) is 16.7. The van der Waals surface area contributed by atoms with E-state index in [0.717, 1.165) is 6.42 Å². The maximum atomic E-state index is 13.8. The molecule has 1 aromatic carbocycles. The maximum absolute atomic E-state index is 13.8. The van der Waals surface area contributed by atoms with Crippen LogP contribution in [0.2, 0.25) is 0 Å². The van der Waals surface area contributed by atoms with E-state index in [-0.39, 0.29) is 11.3 Å². The van der Waals surface area contributed by atoms with Gasteiger partial charge in [0.25, 0.3) is 5.91 Å². The Labute approximate surface area is 133 Å². The predicted octanol–water partition coefficient (Wildman–Crippen LogP) is 2.23. The number of fused-ring (bicyclic) bond motifs is 1. The highest BCUT2D eigenvalue weighted by Gasteiger charge is 2.36. The average molecular weight is 321 g/mol. The van der Waals surface area contributed by atoms with Gasteiger partial charge in [-0.05, 0) is 32.3 Å². The highest BCUT2D eigenvalue weighted by atomic mass is 19.1.